The molecule has 108 valence electrons. The van der Waals surface area contributed by atoms with Crippen LogP contribution < -0.4 is 5.32 Å². The van der Waals surface area contributed by atoms with Gasteiger partial charge in [-0.15, -0.1) is 0 Å². The first kappa shape index (κ1) is 14.8. The third kappa shape index (κ3) is 3.69. The highest BCUT2D eigenvalue weighted by molar-refractivity contribution is 9.10. The molecule has 0 aliphatic carbocycles. The predicted octanol–water partition coefficient (Wildman–Crippen LogP) is 2.92. The van der Waals surface area contributed by atoms with Gasteiger partial charge in [-0.3, -0.25) is 4.79 Å². The fourth-order valence-electron chi connectivity index (χ4n) is 2.21. The SMILES string of the molecule is O=C(O)CC1CCN(C(=O)Nc2ccc(Br)c(F)c2)C1. The van der Waals surface area contributed by atoms with Crippen molar-refractivity contribution in [2.45, 2.75) is 12.8 Å². The molecule has 1 atom stereocenters. The highest BCUT2D eigenvalue weighted by Gasteiger charge is 2.27. The number of carbonyl (C=O) groups is 2. The van der Waals surface area contributed by atoms with Crippen LogP contribution in [-0.4, -0.2) is 35.1 Å². The van der Waals surface area contributed by atoms with Crippen molar-refractivity contribution in [3.8, 4) is 0 Å². The molecule has 0 spiro atoms. The Labute approximate surface area is 123 Å². The summed E-state index contributed by atoms with van der Waals surface area (Å²) in [4.78, 5) is 24.2. The number of rotatable bonds is 3. The summed E-state index contributed by atoms with van der Waals surface area (Å²) in [5, 5.41) is 11.3. The number of carbonyl (C=O) groups excluding carboxylic acids is 1. The number of likely N-dealkylation sites (tertiary alicyclic amines) is 1. The van der Waals surface area contributed by atoms with Gasteiger partial charge in [0.05, 0.1) is 4.47 Å². The molecule has 1 aliphatic heterocycles. The lowest BCUT2D eigenvalue weighted by atomic mass is 10.1. The molecule has 0 saturated carbocycles. The number of carboxylic acids is 1. The van der Waals surface area contributed by atoms with E-state index in [2.05, 4.69) is 21.2 Å². The number of aliphatic carboxylic acids is 1. The Bertz CT molecular complexity index is 538. The molecule has 1 aromatic carbocycles. The highest BCUT2D eigenvalue weighted by atomic mass is 79.9. The van der Waals surface area contributed by atoms with Crippen molar-refractivity contribution in [3.05, 3.63) is 28.5 Å². The van der Waals surface area contributed by atoms with E-state index in [9.17, 15) is 14.0 Å². The van der Waals surface area contributed by atoms with E-state index in [1.165, 1.54) is 12.1 Å². The molecule has 0 bridgehead atoms. The quantitative estimate of drug-likeness (QED) is 0.885. The number of hydrogen-bond acceptors (Lipinski definition) is 2. The first-order chi connectivity index (χ1) is 9.45. The second-order valence-corrected chi connectivity index (χ2v) is 5.61. The molecule has 7 heteroatoms. The van der Waals surface area contributed by atoms with Gasteiger partial charge in [-0.1, -0.05) is 0 Å². The number of nitrogens with zero attached hydrogens (tertiary/aromatic N) is 1. The number of benzene rings is 1. The summed E-state index contributed by atoms with van der Waals surface area (Å²) in [6.45, 7) is 0.930. The molecule has 0 radical (unpaired) electrons. The number of carboxylic acid groups (broad SMARTS) is 1. The van der Waals surface area contributed by atoms with Crippen molar-refractivity contribution in [2.24, 2.45) is 5.92 Å². The van der Waals surface area contributed by atoms with Crippen LogP contribution in [0, 0.1) is 11.7 Å². The Hall–Kier alpha value is -1.63. The molecule has 1 unspecified atom stereocenters. The predicted molar refractivity (Wildman–Crippen MR) is 75.1 cm³/mol. The van der Waals surface area contributed by atoms with E-state index in [1.54, 1.807) is 11.0 Å². The molecule has 1 saturated heterocycles. The molecule has 1 fully saturated rings. The van der Waals surface area contributed by atoms with Gasteiger partial charge in [0.25, 0.3) is 0 Å². The minimum absolute atomic E-state index is 0.0140. The van der Waals surface area contributed by atoms with E-state index in [1.807, 2.05) is 0 Å². The van der Waals surface area contributed by atoms with Crippen LogP contribution in [0.4, 0.5) is 14.9 Å². The standard InChI is InChI=1S/C13H14BrFN2O3/c14-10-2-1-9(6-11(10)15)16-13(20)17-4-3-8(7-17)5-12(18)19/h1-2,6,8H,3-5,7H2,(H,16,20)(H,18,19). The smallest absolute Gasteiger partial charge is 0.321 e. The average molecular weight is 345 g/mol. The third-order valence-electron chi connectivity index (χ3n) is 3.21. The zero-order valence-corrected chi connectivity index (χ0v) is 12.2. The first-order valence-electron chi connectivity index (χ1n) is 6.18. The van der Waals surface area contributed by atoms with Gasteiger partial charge in [-0.2, -0.15) is 0 Å². The molecular formula is C13H14BrFN2O3. The second kappa shape index (κ2) is 6.21. The number of urea groups is 1. The van der Waals surface area contributed by atoms with Crippen molar-refractivity contribution in [1.82, 2.24) is 4.90 Å². The molecule has 20 heavy (non-hydrogen) atoms. The van der Waals surface area contributed by atoms with Crippen molar-refractivity contribution < 1.29 is 19.1 Å². The van der Waals surface area contributed by atoms with E-state index in [0.717, 1.165) is 0 Å². The van der Waals surface area contributed by atoms with Gasteiger partial charge < -0.3 is 15.3 Å². The number of hydrogen-bond donors (Lipinski definition) is 2. The van der Waals surface area contributed by atoms with Gasteiger partial charge in [-0.05, 0) is 46.5 Å². The maximum atomic E-state index is 13.3. The monoisotopic (exact) mass is 344 g/mol. The summed E-state index contributed by atoms with van der Waals surface area (Å²) in [6, 6.07) is 4.00. The van der Waals surface area contributed by atoms with Gasteiger partial charge in [-0.25, -0.2) is 9.18 Å². The summed E-state index contributed by atoms with van der Waals surface area (Å²) in [5.41, 5.74) is 0.373. The second-order valence-electron chi connectivity index (χ2n) is 4.76. The Morgan fingerprint density at radius 3 is 2.90 bits per heavy atom. The molecule has 1 heterocycles. The Balaban J connectivity index is 1.92. The zero-order valence-electron chi connectivity index (χ0n) is 10.6. The highest BCUT2D eigenvalue weighted by Crippen LogP contribution is 2.22. The maximum absolute atomic E-state index is 13.3. The van der Waals surface area contributed by atoms with Crippen molar-refractivity contribution in [2.75, 3.05) is 18.4 Å². The average Bonchev–Trinajstić information content (AvgIpc) is 2.81. The van der Waals surface area contributed by atoms with Crippen LogP contribution in [0.3, 0.4) is 0 Å². The third-order valence-corrected chi connectivity index (χ3v) is 3.85. The lowest BCUT2D eigenvalue weighted by Gasteiger charge is -2.17. The Morgan fingerprint density at radius 1 is 1.50 bits per heavy atom. The van der Waals surface area contributed by atoms with Crippen molar-refractivity contribution in [1.29, 1.82) is 0 Å². The number of amides is 2. The summed E-state index contributed by atoms with van der Waals surface area (Å²) in [7, 11) is 0. The summed E-state index contributed by atoms with van der Waals surface area (Å²) >= 11 is 3.04. The van der Waals surface area contributed by atoms with E-state index < -0.39 is 11.8 Å². The molecule has 1 aliphatic rings. The molecule has 0 aromatic heterocycles. The van der Waals surface area contributed by atoms with Crippen LogP contribution in [0.1, 0.15) is 12.8 Å². The topological polar surface area (TPSA) is 69.6 Å². The lowest BCUT2D eigenvalue weighted by molar-refractivity contribution is -0.138. The first-order valence-corrected chi connectivity index (χ1v) is 6.98. The van der Waals surface area contributed by atoms with Gasteiger partial charge in [0, 0.05) is 25.2 Å². The molecular weight excluding hydrogens is 331 g/mol. The van der Waals surface area contributed by atoms with E-state index in [-0.39, 0.29) is 18.4 Å². The Morgan fingerprint density at radius 2 is 2.25 bits per heavy atom. The summed E-state index contributed by atoms with van der Waals surface area (Å²) in [5.74, 6) is -1.32. The molecule has 2 amide bonds. The van der Waals surface area contributed by atoms with Crippen LogP contribution in [0.15, 0.2) is 22.7 Å². The number of nitrogens with one attached hydrogen (secondary N) is 1. The fourth-order valence-corrected chi connectivity index (χ4v) is 2.45. The minimum atomic E-state index is -0.854. The minimum Gasteiger partial charge on any atom is -0.481 e. The van der Waals surface area contributed by atoms with Gasteiger partial charge >= 0.3 is 12.0 Å². The number of anilines is 1. The molecule has 5 nitrogen and oxygen atoms in total. The van der Waals surface area contributed by atoms with Crippen LogP contribution in [0.2, 0.25) is 0 Å². The molecule has 2 rings (SSSR count). The molecule has 2 N–H and O–H groups in total. The van der Waals surface area contributed by atoms with Crippen molar-refractivity contribution >= 4 is 33.6 Å². The van der Waals surface area contributed by atoms with E-state index >= 15 is 0 Å². The van der Waals surface area contributed by atoms with E-state index in [0.29, 0.717) is 29.7 Å². The largest absolute Gasteiger partial charge is 0.481 e. The maximum Gasteiger partial charge on any atom is 0.321 e. The molecule has 1 aromatic rings. The zero-order chi connectivity index (χ0) is 14.7. The summed E-state index contributed by atoms with van der Waals surface area (Å²) < 4.78 is 13.7. The van der Waals surface area contributed by atoms with Crippen LogP contribution in [0.25, 0.3) is 0 Å². The summed E-state index contributed by atoms with van der Waals surface area (Å²) in [6.07, 6.45) is 0.741. The fraction of sp³-hybridized carbons (Fsp3) is 0.385. The normalized spacial score (nSPS) is 18.1. The van der Waals surface area contributed by atoms with Crippen LogP contribution >= 0.6 is 15.9 Å². The van der Waals surface area contributed by atoms with Gasteiger partial charge in [0.2, 0.25) is 0 Å². The lowest BCUT2D eigenvalue weighted by Crippen LogP contribution is -2.33. The van der Waals surface area contributed by atoms with Crippen LogP contribution in [-0.2, 0) is 4.79 Å². The van der Waals surface area contributed by atoms with E-state index in [4.69, 9.17) is 5.11 Å². The van der Waals surface area contributed by atoms with Crippen molar-refractivity contribution in [3.63, 3.8) is 0 Å². The Kier molecular flexibility index (Phi) is 4.59. The van der Waals surface area contributed by atoms with Gasteiger partial charge in [0.1, 0.15) is 5.82 Å². The van der Waals surface area contributed by atoms with Gasteiger partial charge in [0.15, 0.2) is 0 Å². The number of halogens is 2. The van der Waals surface area contributed by atoms with Crippen LogP contribution in [0.5, 0.6) is 0 Å².